The number of carbonyl (C=O) groups excluding carboxylic acids is 1. The van der Waals surface area contributed by atoms with Crippen molar-refractivity contribution in [2.45, 2.75) is 0 Å². The first-order valence-corrected chi connectivity index (χ1v) is 6.46. The third kappa shape index (κ3) is 2.90. The largest absolute Gasteiger partial charge is 0.399 e. The minimum atomic E-state index is -0.544. The summed E-state index contributed by atoms with van der Waals surface area (Å²) in [6.07, 6.45) is 0. The lowest BCUT2D eigenvalue weighted by molar-refractivity contribution is 0.100. The number of nitrogens with one attached hydrogen (secondary N) is 1. The van der Waals surface area contributed by atoms with E-state index in [0.717, 1.165) is 0 Å². The molecule has 2 aromatic rings. The monoisotopic (exact) mass is 330 g/mol. The predicted octanol–water partition coefficient (Wildman–Crippen LogP) is 2.75. The van der Waals surface area contributed by atoms with Crippen LogP contribution in [-0.4, -0.2) is 5.91 Å². The van der Waals surface area contributed by atoms with Gasteiger partial charge in [0.15, 0.2) is 0 Å². The molecular weight excluding hydrogens is 320 g/mol. The van der Waals surface area contributed by atoms with E-state index in [1.807, 2.05) is 6.07 Å². The first kappa shape index (κ1) is 13.9. The molecule has 0 radical (unpaired) electrons. The fraction of sp³-hybridized carbons (Fsp3) is 0. The zero-order chi connectivity index (χ0) is 14.7. The lowest BCUT2D eigenvalue weighted by Crippen LogP contribution is -2.13. The standard InChI is InChI=1S/C14H11BrN4O/c15-11-5-8(7-16)1-4-12(11)19-13-6-9(17)2-3-10(13)14(18)20/h1-6,19H,17H2,(H2,18,20). The van der Waals surface area contributed by atoms with Crippen LogP contribution in [0, 0.1) is 11.3 Å². The first-order chi connectivity index (χ1) is 9.51. The highest BCUT2D eigenvalue weighted by Gasteiger charge is 2.10. The van der Waals surface area contributed by atoms with Crippen LogP contribution in [0.4, 0.5) is 17.1 Å². The van der Waals surface area contributed by atoms with Gasteiger partial charge in [-0.2, -0.15) is 5.26 Å². The molecule has 6 heteroatoms. The highest BCUT2D eigenvalue weighted by atomic mass is 79.9. The van der Waals surface area contributed by atoms with Crippen molar-refractivity contribution in [2.75, 3.05) is 11.1 Å². The first-order valence-electron chi connectivity index (χ1n) is 5.67. The normalized spacial score (nSPS) is 9.80. The van der Waals surface area contributed by atoms with E-state index >= 15 is 0 Å². The third-order valence-corrected chi connectivity index (χ3v) is 3.33. The van der Waals surface area contributed by atoms with Crippen LogP contribution in [0.5, 0.6) is 0 Å². The molecule has 0 spiro atoms. The number of amides is 1. The number of nitrogens with two attached hydrogens (primary N) is 2. The average molecular weight is 331 g/mol. The number of nitrogen functional groups attached to an aromatic ring is 1. The molecule has 5 nitrogen and oxygen atoms in total. The zero-order valence-electron chi connectivity index (χ0n) is 10.4. The van der Waals surface area contributed by atoms with E-state index in [9.17, 15) is 4.79 Å². The van der Waals surface area contributed by atoms with Gasteiger partial charge in [0.05, 0.1) is 28.6 Å². The van der Waals surface area contributed by atoms with Crippen molar-refractivity contribution in [3.8, 4) is 6.07 Å². The number of benzene rings is 2. The van der Waals surface area contributed by atoms with Crippen molar-refractivity contribution in [1.82, 2.24) is 0 Å². The summed E-state index contributed by atoms with van der Waals surface area (Å²) in [6.45, 7) is 0. The van der Waals surface area contributed by atoms with Crippen molar-refractivity contribution >= 4 is 38.9 Å². The minimum Gasteiger partial charge on any atom is -0.399 e. The lowest BCUT2D eigenvalue weighted by atomic mass is 10.1. The van der Waals surface area contributed by atoms with Gasteiger partial charge in [0.25, 0.3) is 5.91 Å². The number of anilines is 3. The van der Waals surface area contributed by atoms with E-state index in [2.05, 4.69) is 21.2 Å². The molecule has 0 bridgehead atoms. The van der Waals surface area contributed by atoms with Gasteiger partial charge in [-0.25, -0.2) is 0 Å². The Morgan fingerprint density at radius 2 is 1.95 bits per heavy atom. The summed E-state index contributed by atoms with van der Waals surface area (Å²) in [7, 11) is 0. The number of nitriles is 1. The van der Waals surface area contributed by atoms with Crippen LogP contribution in [0.3, 0.4) is 0 Å². The Labute approximate surface area is 124 Å². The van der Waals surface area contributed by atoms with Gasteiger partial charge in [-0.05, 0) is 52.3 Å². The lowest BCUT2D eigenvalue weighted by Gasteiger charge is -2.12. The van der Waals surface area contributed by atoms with Crippen LogP contribution >= 0.6 is 15.9 Å². The number of hydrogen-bond donors (Lipinski definition) is 3. The molecule has 0 fully saturated rings. The molecule has 0 saturated carbocycles. The molecule has 5 N–H and O–H groups in total. The van der Waals surface area contributed by atoms with Crippen LogP contribution in [0.1, 0.15) is 15.9 Å². The van der Waals surface area contributed by atoms with Crippen LogP contribution in [0.15, 0.2) is 40.9 Å². The predicted molar refractivity (Wildman–Crippen MR) is 81.5 cm³/mol. The van der Waals surface area contributed by atoms with Crippen molar-refractivity contribution in [3.63, 3.8) is 0 Å². The van der Waals surface area contributed by atoms with Gasteiger partial charge >= 0.3 is 0 Å². The SMILES string of the molecule is N#Cc1ccc(Nc2cc(N)ccc2C(N)=O)c(Br)c1. The summed E-state index contributed by atoms with van der Waals surface area (Å²) >= 11 is 3.36. The Kier molecular flexibility index (Phi) is 3.91. The number of halogens is 1. The molecule has 2 aromatic carbocycles. The van der Waals surface area contributed by atoms with E-state index in [1.54, 1.807) is 36.4 Å². The molecule has 100 valence electrons. The molecule has 0 atom stereocenters. The topological polar surface area (TPSA) is 105 Å². The molecule has 0 aliphatic carbocycles. The van der Waals surface area contributed by atoms with E-state index in [4.69, 9.17) is 16.7 Å². The summed E-state index contributed by atoms with van der Waals surface area (Å²) in [6, 6.07) is 11.9. The number of hydrogen-bond acceptors (Lipinski definition) is 4. The van der Waals surface area contributed by atoms with Gasteiger partial charge < -0.3 is 16.8 Å². The fourth-order valence-electron chi connectivity index (χ4n) is 1.71. The molecular formula is C14H11BrN4O. The van der Waals surface area contributed by atoms with Crippen LogP contribution < -0.4 is 16.8 Å². The minimum absolute atomic E-state index is 0.343. The second-order valence-corrected chi connectivity index (χ2v) is 4.96. The van der Waals surface area contributed by atoms with Crippen LogP contribution in [-0.2, 0) is 0 Å². The third-order valence-electron chi connectivity index (χ3n) is 2.68. The number of primary amides is 1. The Morgan fingerprint density at radius 3 is 2.55 bits per heavy atom. The molecule has 2 rings (SSSR count). The number of carbonyl (C=O) groups is 1. The van der Waals surface area contributed by atoms with Gasteiger partial charge in [0, 0.05) is 10.2 Å². The van der Waals surface area contributed by atoms with Crippen LogP contribution in [0.2, 0.25) is 0 Å². The van der Waals surface area contributed by atoms with Crippen LogP contribution in [0.25, 0.3) is 0 Å². The quantitative estimate of drug-likeness (QED) is 0.752. The van der Waals surface area contributed by atoms with Gasteiger partial charge in [0.2, 0.25) is 0 Å². The number of rotatable bonds is 3. The maximum Gasteiger partial charge on any atom is 0.250 e. The Hall–Kier alpha value is -2.52. The van der Waals surface area contributed by atoms with Gasteiger partial charge in [-0.3, -0.25) is 4.79 Å². The van der Waals surface area contributed by atoms with E-state index in [1.165, 1.54) is 0 Å². The molecule has 0 aliphatic rings. The summed E-state index contributed by atoms with van der Waals surface area (Å²) in [5.41, 5.74) is 13.7. The molecule has 0 heterocycles. The Bertz CT molecular complexity index is 722. The van der Waals surface area contributed by atoms with E-state index < -0.39 is 5.91 Å². The smallest absolute Gasteiger partial charge is 0.250 e. The van der Waals surface area contributed by atoms with Gasteiger partial charge in [-0.15, -0.1) is 0 Å². The Balaban J connectivity index is 2.42. The highest BCUT2D eigenvalue weighted by molar-refractivity contribution is 9.10. The highest BCUT2D eigenvalue weighted by Crippen LogP contribution is 2.29. The summed E-state index contributed by atoms with van der Waals surface area (Å²) < 4.78 is 0.703. The van der Waals surface area contributed by atoms with E-state index in [-0.39, 0.29) is 0 Å². The molecule has 0 unspecified atom stereocenters. The van der Waals surface area contributed by atoms with Crippen molar-refractivity contribution in [3.05, 3.63) is 52.0 Å². The molecule has 0 aliphatic heterocycles. The molecule has 0 saturated heterocycles. The maximum atomic E-state index is 11.4. The van der Waals surface area contributed by atoms with E-state index in [0.29, 0.717) is 32.7 Å². The van der Waals surface area contributed by atoms with Crippen molar-refractivity contribution < 1.29 is 4.79 Å². The zero-order valence-corrected chi connectivity index (χ0v) is 11.9. The molecule has 1 amide bonds. The number of nitrogens with zero attached hydrogens (tertiary/aromatic N) is 1. The fourth-order valence-corrected chi connectivity index (χ4v) is 2.19. The molecule has 20 heavy (non-hydrogen) atoms. The average Bonchev–Trinajstić information content (AvgIpc) is 2.40. The second-order valence-electron chi connectivity index (χ2n) is 4.10. The van der Waals surface area contributed by atoms with Crippen molar-refractivity contribution in [1.29, 1.82) is 5.26 Å². The van der Waals surface area contributed by atoms with Gasteiger partial charge in [-0.1, -0.05) is 0 Å². The van der Waals surface area contributed by atoms with Crippen molar-refractivity contribution in [2.24, 2.45) is 5.73 Å². The second kappa shape index (κ2) is 5.63. The van der Waals surface area contributed by atoms with Gasteiger partial charge in [0.1, 0.15) is 0 Å². The summed E-state index contributed by atoms with van der Waals surface area (Å²) in [4.78, 5) is 11.4. The molecule has 0 aromatic heterocycles. The Morgan fingerprint density at radius 1 is 1.20 bits per heavy atom. The maximum absolute atomic E-state index is 11.4. The summed E-state index contributed by atoms with van der Waals surface area (Å²) in [5, 5.41) is 11.9. The summed E-state index contributed by atoms with van der Waals surface area (Å²) in [5.74, 6) is -0.544.